The van der Waals surface area contributed by atoms with Gasteiger partial charge < -0.3 is 10.2 Å². The molecule has 128 valence electrons. The molecule has 0 spiro atoms. The molecule has 3 rings (SSSR count). The summed E-state index contributed by atoms with van der Waals surface area (Å²) in [6, 6.07) is 5.31. The number of nitrogens with one attached hydrogen (secondary N) is 1. The topological polar surface area (TPSA) is 70.0 Å². The number of carbonyl (C=O) groups excluding carboxylic acids is 1. The van der Waals surface area contributed by atoms with Crippen molar-refractivity contribution < 1.29 is 4.79 Å². The first-order valence-electron chi connectivity index (χ1n) is 8.19. The molecule has 0 radical (unpaired) electrons. The molecule has 24 heavy (non-hydrogen) atoms. The molecule has 7 nitrogen and oxygen atoms in total. The number of hydrogen-bond acceptors (Lipinski definition) is 5. The van der Waals surface area contributed by atoms with E-state index in [1.54, 1.807) is 10.6 Å². The van der Waals surface area contributed by atoms with Gasteiger partial charge in [-0.2, -0.15) is 0 Å². The van der Waals surface area contributed by atoms with Gasteiger partial charge >= 0.3 is 0 Å². The van der Waals surface area contributed by atoms with Gasteiger partial charge in [-0.15, -0.1) is 0 Å². The summed E-state index contributed by atoms with van der Waals surface area (Å²) >= 11 is 0. The lowest BCUT2D eigenvalue weighted by Crippen LogP contribution is -2.49. The molecule has 0 aliphatic carbocycles. The molecule has 2 aromatic heterocycles. The van der Waals surface area contributed by atoms with E-state index in [0.29, 0.717) is 24.4 Å². The summed E-state index contributed by atoms with van der Waals surface area (Å²) in [5.41, 5.74) is 2.21. The molecule has 2 aromatic rings. The van der Waals surface area contributed by atoms with Gasteiger partial charge in [0, 0.05) is 45.0 Å². The number of fused-ring (bicyclic) bond motifs is 1. The minimum atomic E-state index is -0.0967. The van der Waals surface area contributed by atoms with Crippen LogP contribution in [0.5, 0.6) is 0 Å². The molecule has 0 unspecified atom stereocenters. The van der Waals surface area contributed by atoms with Crippen LogP contribution in [0.15, 0.2) is 29.2 Å². The van der Waals surface area contributed by atoms with E-state index in [-0.39, 0.29) is 11.5 Å². The molecule has 0 atom stereocenters. The van der Waals surface area contributed by atoms with E-state index in [1.807, 2.05) is 35.9 Å². The standard InChI is InChI=1S/C17H23N5O2/c1-13-4-3-7-22-15(23)10-14(19-17(13)22)11-20(2)12-16(24)21-8-5-18-6-9-21/h3-4,7,10,18H,5-6,8-9,11-12H2,1-2H3. The second-order valence-corrected chi connectivity index (χ2v) is 6.27. The van der Waals surface area contributed by atoms with Crippen LogP contribution in [-0.2, 0) is 11.3 Å². The van der Waals surface area contributed by atoms with Gasteiger partial charge in [0.2, 0.25) is 5.91 Å². The molecule has 7 heteroatoms. The molecule has 1 aliphatic rings. The van der Waals surface area contributed by atoms with Crippen LogP contribution in [0.4, 0.5) is 0 Å². The van der Waals surface area contributed by atoms with Crippen molar-refractivity contribution in [2.45, 2.75) is 13.5 Å². The summed E-state index contributed by atoms with van der Waals surface area (Å²) in [7, 11) is 1.88. The van der Waals surface area contributed by atoms with Gasteiger partial charge in [-0.25, -0.2) is 4.98 Å². The van der Waals surface area contributed by atoms with E-state index < -0.39 is 0 Å². The molecular formula is C17H23N5O2. The number of hydrogen-bond donors (Lipinski definition) is 1. The average Bonchev–Trinajstić information content (AvgIpc) is 2.56. The number of piperazine rings is 1. The number of pyridine rings is 1. The Balaban J connectivity index is 1.71. The first kappa shape index (κ1) is 16.6. The van der Waals surface area contributed by atoms with Crippen LogP contribution >= 0.6 is 0 Å². The van der Waals surface area contributed by atoms with Gasteiger partial charge in [0.15, 0.2) is 0 Å². The number of aromatic nitrogens is 2. The van der Waals surface area contributed by atoms with Crippen LogP contribution < -0.4 is 10.9 Å². The Morgan fingerprint density at radius 2 is 2.12 bits per heavy atom. The number of nitrogens with zero attached hydrogens (tertiary/aromatic N) is 4. The summed E-state index contributed by atoms with van der Waals surface area (Å²) in [5, 5.41) is 3.24. The lowest BCUT2D eigenvalue weighted by molar-refractivity contribution is -0.132. The van der Waals surface area contributed by atoms with E-state index in [4.69, 9.17) is 0 Å². The monoisotopic (exact) mass is 329 g/mol. The van der Waals surface area contributed by atoms with Gasteiger partial charge in [-0.3, -0.25) is 18.9 Å². The highest BCUT2D eigenvalue weighted by Gasteiger charge is 2.18. The second-order valence-electron chi connectivity index (χ2n) is 6.27. The molecular weight excluding hydrogens is 306 g/mol. The van der Waals surface area contributed by atoms with Gasteiger partial charge in [0.05, 0.1) is 12.2 Å². The van der Waals surface area contributed by atoms with Crippen molar-refractivity contribution in [3.8, 4) is 0 Å². The summed E-state index contributed by atoms with van der Waals surface area (Å²) in [6.07, 6.45) is 1.72. The highest BCUT2D eigenvalue weighted by molar-refractivity contribution is 5.78. The zero-order valence-corrected chi connectivity index (χ0v) is 14.2. The molecule has 1 N–H and O–H groups in total. The summed E-state index contributed by atoms with van der Waals surface area (Å²) in [4.78, 5) is 32.9. The van der Waals surface area contributed by atoms with E-state index in [9.17, 15) is 9.59 Å². The third-order valence-electron chi connectivity index (χ3n) is 4.25. The van der Waals surface area contributed by atoms with Crippen molar-refractivity contribution in [1.82, 2.24) is 24.5 Å². The maximum atomic E-state index is 12.3. The van der Waals surface area contributed by atoms with Crippen molar-refractivity contribution in [2.24, 2.45) is 0 Å². The van der Waals surface area contributed by atoms with Crippen molar-refractivity contribution in [3.05, 3.63) is 46.0 Å². The summed E-state index contributed by atoms with van der Waals surface area (Å²) in [5.74, 6) is 0.118. The third-order valence-corrected chi connectivity index (χ3v) is 4.25. The minimum absolute atomic E-state index is 0.0967. The minimum Gasteiger partial charge on any atom is -0.339 e. The van der Waals surface area contributed by atoms with Gasteiger partial charge in [-0.05, 0) is 25.6 Å². The summed E-state index contributed by atoms with van der Waals surface area (Å²) in [6.45, 7) is 5.92. The smallest absolute Gasteiger partial charge is 0.258 e. The van der Waals surface area contributed by atoms with Crippen molar-refractivity contribution in [3.63, 3.8) is 0 Å². The predicted molar refractivity (Wildman–Crippen MR) is 92.0 cm³/mol. The zero-order valence-electron chi connectivity index (χ0n) is 14.2. The van der Waals surface area contributed by atoms with Gasteiger partial charge in [-0.1, -0.05) is 6.07 Å². The number of aryl methyl sites for hydroxylation is 1. The molecule has 1 fully saturated rings. The molecule has 0 aromatic carbocycles. The van der Waals surface area contributed by atoms with E-state index in [0.717, 1.165) is 31.7 Å². The highest BCUT2D eigenvalue weighted by Crippen LogP contribution is 2.07. The lowest BCUT2D eigenvalue weighted by atomic mass is 10.2. The quantitative estimate of drug-likeness (QED) is 0.846. The fourth-order valence-corrected chi connectivity index (χ4v) is 2.97. The van der Waals surface area contributed by atoms with Crippen molar-refractivity contribution in [2.75, 3.05) is 39.8 Å². The maximum Gasteiger partial charge on any atom is 0.258 e. The van der Waals surface area contributed by atoms with E-state index >= 15 is 0 Å². The molecule has 1 saturated heterocycles. The van der Waals surface area contributed by atoms with Crippen LogP contribution in [0.3, 0.4) is 0 Å². The Labute approximate surface area is 140 Å². The number of amides is 1. The first-order chi connectivity index (χ1) is 11.5. The Hall–Kier alpha value is -2.25. The second kappa shape index (κ2) is 7.11. The number of rotatable bonds is 4. The lowest BCUT2D eigenvalue weighted by Gasteiger charge is -2.29. The Morgan fingerprint density at radius 1 is 1.38 bits per heavy atom. The van der Waals surface area contributed by atoms with Crippen LogP contribution in [-0.4, -0.2) is 64.9 Å². The van der Waals surface area contributed by atoms with Crippen LogP contribution in [0.1, 0.15) is 11.3 Å². The van der Waals surface area contributed by atoms with E-state index in [2.05, 4.69) is 10.3 Å². The SMILES string of the molecule is Cc1cccn2c(=O)cc(CN(C)CC(=O)N3CCNCC3)nc12. The number of carbonyl (C=O) groups is 1. The fourth-order valence-electron chi connectivity index (χ4n) is 2.97. The average molecular weight is 329 g/mol. The fraction of sp³-hybridized carbons (Fsp3) is 0.471. The molecule has 0 bridgehead atoms. The molecule has 1 amide bonds. The van der Waals surface area contributed by atoms with Crippen LogP contribution in [0, 0.1) is 6.92 Å². The van der Waals surface area contributed by atoms with Crippen LogP contribution in [0.2, 0.25) is 0 Å². The molecule has 3 heterocycles. The van der Waals surface area contributed by atoms with Crippen molar-refractivity contribution in [1.29, 1.82) is 0 Å². The van der Waals surface area contributed by atoms with Gasteiger partial charge in [0.1, 0.15) is 5.65 Å². The van der Waals surface area contributed by atoms with Crippen LogP contribution in [0.25, 0.3) is 5.65 Å². The van der Waals surface area contributed by atoms with E-state index in [1.165, 1.54) is 6.07 Å². The highest BCUT2D eigenvalue weighted by atomic mass is 16.2. The zero-order chi connectivity index (χ0) is 17.1. The van der Waals surface area contributed by atoms with Gasteiger partial charge in [0.25, 0.3) is 5.56 Å². The largest absolute Gasteiger partial charge is 0.339 e. The Kier molecular flexibility index (Phi) is 4.92. The predicted octanol–water partition coefficient (Wildman–Crippen LogP) is -0.133. The number of likely N-dealkylation sites (N-methyl/N-ethyl adjacent to an activating group) is 1. The Bertz CT molecular complexity index is 795. The first-order valence-corrected chi connectivity index (χ1v) is 8.19. The molecule has 1 aliphatic heterocycles. The van der Waals surface area contributed by atoms with Crippen molar-refractivity contribution >= 4 is 11.6 Å². The maximum absolute atomic E-state index is 12.3. The summed E-state index contributed by atoms with van der Waals surface area (Å²) < 4.78 is 1.55. The third kappa shape index (κ3) is 3.63. The Morgan fingerprint density at radius 3 is 2.88 bits per heavy atom. The normalized spacial score (nSPS) is 15.2. The molecule has 0 saturated carbocycles.